The minimum Gasteiger partial charge on any atom is -0.480 e. The molecule has 6 heteroatoms. The molecule has 0 unspecified atom stereocenters. The lowest BCUT2D eigenvalue weighted by molar-refractivity contribution is 0.00578. The van der Waals surface area contributed by atoms with E-state index in [2.05, 4.69) is 9.97 Å². The van der Waals surface area contributed by atoms with Gasteiger partial charge in [-0.15, -0.1) is 0 Å². The molecule has 0 atom stereocenters. The highest BCUT2D eigenvalue weighted by atomic mass is 16.7. The molecule has 2 rings (SSSR count). The molecule has 1 aromatic rings. The molecule has 0 aromatic carbocycles. The topological polar surface area (TPSA) is 53.5 Å². The van der Waals surface area contributed by atoms with Crippen LogP contribution in [-0.4, -0.2) is 35.4 Å². The predicted molar refractivity (Wildman–Crippen MR) is 68.4 cm³/mol. The van der Waals surface area contributed by atoms with Crippen LogP contribution in [0.5, 0.6) is 5.88 Å². The zero-order chi connectivity index (χ0) is 13.4. The van der Waals surface area contributed by atoms with Crippen molar-refractivity contribution in [1.29, 1.82) is 0 Å². The van der Waals surface area contributed by atoms with Crippen molar-refractivity contribution in [3.05, 3.63) is 18.1 Å². The lowest BCUT2D eigenvalue weighted by Gasteiger charge is -2.32. The minimum atomic E-state index is -0.316. The SMILES string of the molecule is COc1cncc(CB2OC(C)(C)C(C)(C)O2)n1. The number of ether oxygens (including phenoxy) is 1. The third-order valence-corrected chi connectivity index (χ3v) is 3.55. The molecule has 0 saturated carbocycles. The van der Waals surface area contributed by atoms with E-state index in [0.29, 0.717) is 12.2 Å². The van der Waals surface area contributed by atoms with E-state index in [-0.39, 0.29) is 18.3 Å². The number of nitrogens with zero attached hydrogens (tertiary/aromatic N) is 2. The summed E-state index contributed by atoms with van der Waals surface area (Å²) in [7, 11) is 1.28. The highest BCUT2D eigenvalue weighted by Gasteiger charge is 2.50. The summed E-state index contributed by atoms with van der Waals surface area (Å²) in [6.45, 7) is 8.13. The van der Waals surface area contributed by atoms with E-state index in [1.54, 1.807) is 19.5 Å². The molecule has 1 saturated heterocycles. The second-order valence-corrected chi connectivity index (χ2v) is 5.44. The fourth-order valence-electron chi connectivity index (χ4n) is 1.80. The van der Waals surface area contributed by atoms with Crippen molar-refractivity contribution in [2.75, 3.05) is 7.11 Å². The van der Waals surface area contributed by atoms with Crippen molar-refractivity contribution in [2.45, 2.75) is 45.2 Å². The van der Waals surface area contributed by atoms with Crippen molar-refractivity contribution >= 4 is 7.12 Å². The van der Waals surface area contributed by atoms with E-state index in [9.17, 15) is 0 Å². The Morgan fingerprint density at radius 3 is 2.33 bits per heavy atom. The highest BCUT2D eigenvalue weighted by Crippen LogP contribution is 2.37. The van der Waals surface area contributed by atoms with Crippen LogP contribution in [-0.2, 0) is 15.6 Å². The fraction of sp³-hybridized carbons (Fsp3) is 0.667. The van der Waals surface area contributed by atoms with Gasteiger partial charge in [-0.3, -0.25) is 4.98 Å². The Hall–Kier alpha value is -1.14. The standard InChI is InChI=1S/C12H19BN2O3/c1-11(2)12(3,4)18-13(17-11)6-9-7-14-8-10(15-9)16-5/h7-8H,6H2,1-5H3. The van der Waals surface area contributed by atoms with Crippen LogP contribution in [0.15, 0.2) is 12.4 Å². The van der Waals surface area contributed by atoms with E-state index in [1.807, 2.05) is 27.7 Å². The van der Waals surface area contributed by atoms with Crippen molar-refractivity contribution in [3.8, 4) is 5.88 Å². The fourth-order valence-corrected chi connectivity index (χ4v) is 1.80. The Kier molecular flexibility index (Phi) is 3.34. The Labute approximate surface area is 108 Å². The van der Waals surface area contributed by atoms with Crippen LogP contribution in [0.3, 0.4) is 0 Å². The average Bonchev–Trinajstić information content (AvgIpc) is 2.47. The van der Waals surface area contributed by atoms with Crippen molar-refractivity contribution in [1.82, 2.24) is 9.97 Å². The smallest absolute Gasteiger partial charge is 0.464 e. The molecule has 0 N–H and O–H groups in total. The second-order valence-electron chi connectivity index (χ2n) is 5.44. The van der Waals surface area contributed by atoms with Gasteiger partial charge >= 0.3 is 7.12 Å². The zero-order valence-corrected chi connectivity index (χ0v) is 11.6. The number of methoxy groups -OCH3 is 1. The van der Waals surface area contributed by atoms with Gasteiger partial charge in [-0.25, -0.2) is 4.98 Å². The van der Waals surface area contributed by atoms with Gasteiger partial charge in [0, 0.05) is 12.5 Å². The predicted octanol–water partition coefficient (Wildman–Crippen LogP) is 1.66. The van der Waals surface area contributed by atoms with E-state index < -0.39 is 0 Å². The second kappa shape index (κ2) is 4.51. The molecule has 98 valence electrons. The lowest BCUT2D eigenvalue weighted by Crippen LogP contribution is -2.41. The summed E-state index contributed by atoms with van der Waals surface area (Å²) in [5.74, 6) is 0.504. The molecule has 5 nitrogen and oxygen atoms in total. The van der Waals surface area contributed by atoms with Gasteiger partial charge < -0.3 is 14.0 Å². The maximum Gasteiger partial charge on any atom is 0.464 e. The molecule has 1 aliphatic rings. The first-order chi connectivity index (χ1) is 8.34. The molecule has 0 amide bonds. The molecule has 0 bridgehead atoms. The zero-order valence-electron chi connectivity index (χ0n) is 11.6. The lowest BCUT2D eigenvalue weighted by atomic mass is 9.83. The van der Waals surface area contributed by atoms with Crippen LogP contribution in [0.1, 0.15) is 33.4 Å². The van der Waals surface area contributed by atoms with Crippen molar-refractivity contribution in [2.24, 2.45) is 0 Å². The molecular weight excluding hydrogens is 231 g/mol. The monoisotopic (exact) mass is 250 g/mol. The van der Waals surface area contributed by atoms with E-state index in [0.717, 1.165) is 5.69 Å². The van der Waals surface area contributed by atoms with Gasteiger partial charge in [-0.2, -0.15) is 0 Å². The Balaban J connectivity index is 2.07. The molecule has 0 radical (unpaired) electrons. The van der Waals surface area contributed by atoms with Gasteiger partial charge in [-0.05, 0) is 27.7 Å². The van der Waals surface area contributed by atoms with E-state index >= 15 is 0 Å². The molecule has 0 spiro atoms. The highest BCUT2D eigenvalue weighted by molar-refractivity contribution is 6.44. The normalized spacial score (nSPS) is 21.1. The van der Waals surface area contributed by atoms with Crippen LogP contribution in [0.25, 0.3) is 0 Å². The quantitative estimate of drug-likeness (QED) is 0.763. The third-order valence-electron chi connectivity index (χ3n) is 3.55. The molecule has 18 heavy (non-hydrogen) atoms. The Morgan fingerprint density at radius 1 is 1.17 bits per heavy atom. The van der Waals surface area contributed by atoms with Crippen molar-refractivity contribution < 1.29 is 14.0 Å². The summed E-state index contributed by atoms with van der Waals surface area (Å²) >= 11 is 0. The van der Waals surface area contributed by atoms with Crippen LogP contribution in [0, 0.1) is 0 Å². The summed E-state index contributed by atoms with van der Waals surface area (Å²) in [5.41, 5.74) is 0.168. The van der Waals surface area contributed by atoms with Crippen LogP contribution >= 0.6 is 0 Å². The Bertz CT molecular complexity index is 421. The van der Waals surface area contributed by atoms with Gasteiger partial charge in [0.25, 0.3) is 0 Å². The molecule has 1 fully saturated rings. The van der Waals surface area contributed by atoms with Crippen LogP contribution < -0.4 is 4.74 Å². The summed E-state index contributed by atoms with van der Waals surface area (Å²) in [6.07, 6.45) is 3.85. The van der Waals surface area contributed by atoms with Crippen LogP contribution in [0.4, 0.5) is 0 Å². The minimum absolute atomic E-state index is 0.295. The van der Waals surface area contributed by atoms with Gasteiger partial charge in [0.2, 0.25) is 5.88 Å². The summed E-state index contributed by atoms with van der Waals surface area (Å²) < 4.78 is 16.9. The Morgan fingerprint density at radius 2 is 1.78 bits per heavy atom. The largest absolute Gasteiger partial charge is 0.480 e. The average molecular weight is 250 g/mol. The van der Waals surface area contributed by atoms with Crippen molar-refractivity contribution in [3.63, 3.8) is 0 Å². The summed E-state index contributed by atoms with van der Waals surface area (Å²) in [4.78, 5) is 8.38. The maximum atomic E-state index is 5.91. The summed E-state index contributed by atoms with van der Waals surface area (Å²) in [6, 6.07) is 0. The number of aromatic nitrogens is 2. The third kappa shape index (κ3) is 2.49. The first kappa shape index (κ1) is 13.3. The van der Waals surface area contributed by atoms with E-state index in [1.165, 1.54) is 0 Å². The molecule has 2 heterocycles. The first-order valence-corrected chi connectivity index (χ1v) is 6.04. The number of hydrogen-bond acceptors (Lipinski definition) is 5. The maximum absolute atomic E-state index is 5.91. The molecular formula is C12H19BN2O3. The summed E-state index contributed by atoms with van der Waals surface area (Å²) in [5, 5.41) is 0. The number of hydrogen-bond donors (Lipinski definition) is 0. The van der Waals surface area contributed by atoms with Gasteiger partial charge in [0.15, 0.2) is 0 Å². The molecule has 0 aliphatic carbocycles. The van der Waals surface area contributed by atoms with Crippen LogP contribution in [0.2, 0.25) is 0 Å². The van der Waals surface area contributed by atoms with Gasteiger partial charge in [-0.1, -0.05) is 0 Å². The van der Waals surface area contributed by atoms with Gasteiger partial charge in [0.05, 0.1) is 30.2 Å². The van der Waals surface area contributed by atoms with Gasteiger partial charge in [0.1, 0.15) is 0 Å². The molecule has 1 aliphatic heterocycles. The molecule has 1 aromatic heterocycles. The number of rotatable bonds is 3. The van der Waals surface area contributed by atoms with E-state index in [4.69, 9.17) is 14.0 Å². The first-order valence-electron chi connectivity index (χ1n) is 6.04.